The number of hydrogen-bond donors (Lipinski definition) is 2. The minimum absolute atomic E-state index is 0.0214. The zero-order chi connectivity index (χ0) is 15.8. The molecular formula is C13H11BrCl2N2O2S. The lowest BCUT2D eigenvalue weighted by Gasteiger charge is -2.13. The van der Waals surface area contributed by atoms with E-state index in [1.54, 1.807) is 18.2 Å². The van der Waals surface area contributed by atoms with Crippen molar-refractivity contribution in [2.45, 2.75) is 11.8 Å². The number of benzene rings is 2. The molecule has 2 aromatic carbocycles. The lowest BCUT2D eigenvalue weighted by atomic mass is 10.2. The number of anilines is 2. The van der Waals surface area contributed by atoms with Crippen LogP contribution in [-0.4, -0.2) is 8.42 Å². The van der Waals surface area contributed by atoms with Crippen molar-refractivity contribution in [2.75, 3.05) is 10.5 Å². The fourth-order valence-corrected chi connectivity index (χ4v) is 4.76. The van der Waals surface area contributed by atoms with E-state index in [0.29, 0.717) is 10.2 Å². The number of nitrogens with two attached hydrogens (primary N) is 1. The minimum atomic E-state index is -3.95. The average molecular weight is 410 g/mol. The number of nitrogen functional groups attached to an aromatic ring is 1. The molecule has 21 heavy (non-hydrogen) atoms. The second-order valence-corrected chi connectivity index (χ2v) is 7.74. The second kappa shape index (κ2) is 6.04. The third kappa shape index (κ3) is 3.63. The van der Waals surface area contributed by atoms with Gasteiger partial charge in [0.05, 0.1) is 21.4 Å². The first-order chi connectivity index (χ1) is 9.70. The van der Waals surface area contributed by atoms with Crippen molar-refractivity contribution in [3.8, 4) is 0 Å². The number of hydrogen-bond acceptors (Lipinski definition) is 3. The Morgan fingerprint density at radius 1 is 1.14 bits per heavy atom. The second-order valence-electron chi connectivity index (χ2n) is 4.39. The predicted octanol–water partition coefficient (Wildman–Crippen LogP) is 4.45. The maximum atomic E-state index is 12.5. The zero-order valence-electron chi connectivity index (χ0n) is 10.8. The van der Waals surface area contributed by atoms with E-state index in [9.17, 15) is 8.42 Å². The third-order valence-corrected chi connectivity index (χ3v) is 5.43. The Kier molecular flexibility index (Phi) is 4.72. The molecule has 0 spiro atoms. The SMILES string of the molecule is Cc1ccc(N)c(NS(=O)(=O)c2c(Cl)cc(Br)cc2Cl)c1. The van der Waals surface area contributed by atoms with Crippen LogP contribution in [0.25, 0.3) is 0 Å². The number of rotatable bonds is 3. The van der Waals surface area contributed by atoms with Crippen LogP contribution in [0.1, 0.15) is 5.56 Å². The van der Waals surface area contributed by atoms with Crippen molar-refractivity contribution < 1.29 is 8.42 Å². The fraction of sp³-hybridized carbons (Fsp3) is 0.0769. The minimum Gasteiger partial charge on any atom is -0.397 e. The monoisotopic (exact) mass is 408 g/mol. The molecule has 0 unspecified atom stereocenters. The van der Waals surface area contributed by atoms with E-state index in [-0.39, 0.29) is 20.6 Å². The summed E-state index contributed by atoms with van der Waals surface area (Å²) in [5, 5.41) is 0.0428. The molecule has 4 nitrogen and oxygen atoms in total. The van der Waals surface area contributed by atoms with Gasteiger partial charge in [0.1, 0.15) is 4.90 Å². The molecule has 0 aliphatic heterocycles. The normalized spacial score (nSPS) is 11.4. The van der Waals surface area contributed by atoms with Crippen LogP contribution >= 0.6 is 39.1 Å². The highest BCUT2D eigenvalue weighted by molar-refractivity contribution is 9.10. The van der Waals surface area contributed by atoms with Crippen molar-refractivity contribution in [3.63, 3.8) is 0 Å². The summed E-state index contributed by atoms with van der Waals surface area (Å²) in [6.07, 6.45) is 0. The van der Waals surface area contributed by atoms with Gasteiger partial charge in [-0.3, -0.25) is 4.72 Å². The van der Waals surface area contributed by atoms with Gasteiger partial charge in [0.25, 0.3) is 10.0 Å². The molecule has 0 atom stereocenters. The Hall–Kier alpha value is -0.950. The van der Waals surface area contributed by atoms with E-state index in [1.165, 1.54) is 12.1 Å². The maximum absolute atomic E-state index is 12.5. The van der Waals surface area contributed by atoms with E-state index in [2.05, 4.69) is 20.7 Å². The van der Waals surface area contributed by atoms with Gasteiger partial charge in [-0.15, -0.1) is 0 Å². The summed E-state index contributed by atoms with van der Waals surface area (Å²) in [6.45, 7) is 1.83. The first kappa shape index (κ1) is 16.4. The van der Waals surface area contributed by atoms with Crippen LogP contribution < -0.4 is 10.5 Å². The van der Waals surface area contributed by atoms with Crippen molar-refractivity contribution in [1.82, 2.24) is 0 Å². The van der Waals surface area contributed by atoms with Gasteiger partial charge in [-0.05, 0) is 36.8 Å². The summed E-state index contributed by atoms with van der Waals surface area (Å²) in [4.78, 5) is -0.185. The van der Waals surface area contributed by atoms with Crippen molar-refractivity contribution in [3.05, 3.63) is 50.4 Å². The highest BCUT2D eigenvalue weighted by atomic mass is 79.9. The zero-order valence-corrected chi connectivity index (χ0v) is 14.7. The highest BCUT2D eigenvalue weighted by Gasteiger charge is 2.23. The first-order valence-corrected chi connectivity index (χ1v) is 8.77. The van der Waals surface area contributed by atoms with Crippen LogP contribution in [0, 0.1) is 6.92 Å². The van der Waals surface area contributed by atoms with Crippen LogP contribution in [0.15, 0.2) is 39.7 Å². The van der Waals surface area contributed by atoms with E-state index in [0.717, 1.165) is 5.56 Å². The molecule has 0 aromatic heterocycles. The summed E-state index contributed by atoms with van der Waals surface area (Å²) in [5.41, 5.74) is 7.24. The fourth-order valence-electron chi connectivity index (χ4n) is 1.74. The summed E-state index contributed by atoms with van der Waals surface area (Å²) in [6, 6.07) is 7.96. The molecule has 8 heteroatoms. The number of sulfonamides is 1. The molecule has 0 heterocycles. The Morgan fingerprint density at radius 3 is 2.29 bits per heavy atom. The molecule has 2 rings (SSSR count). The molecule has 0 saturated carbocycles. The standard InChI is InChI=1S/C13H11BrCl2N2O2S/c1-7-2-3-11(17)12(4-7)18-21(19,20)13-9(15)5-8(14)6-10(13)16/h2-6,18H,17H2,1H3. The number of aryl methyl sites for hydroxylation is 1. The first-order valence-electron chi connectivity index (χ1n) is 5.74. The summed E-state index contributed by atoms with van der Waals surface area (Å²) in [5.74, 6) is 0. The van der Waals surface area contributed by atoms with E-state index in [4.69, 9.17) is 28.9 Å². The van der Waals surface area contributed by atoms with Crippen LogP contribution in [0.3, 0.4) is 0 Å². The lowest BCUT2D eigenvalue weighted by Crippen LogP contribution is -2.15. The molecule has 0 amide bonds. The Labute approximate surface area is 141 Å². The number of nitrogens with one attached hydrogen (secondary N) is 1. The molecule has 112 valence electrons. The molecule has 0 saturated heterocycles. The number of halogens is 3. The smallest absolute Gasteiger partial charge is 0.264 e. The largest absolute Gasteiger partial charge is 0.397 e. The Bertz CT molecular complexity index is 787. The molecule has 2 aromatic rings. The summed E-state index contributed by atoms with van der Waals surface area (Å²) in [7, 11) is -3.95. The predicted molar refractivity (Wildman–Crippen MR) is 90.6 cm³/mol. The van der Waals surface area contributed by atoms with E-state index >= 15 is 0 Å². The van der Waals surface area contributed by atoms with Gasteiger partial charge in [-0.1, -0.05) is 45.2 Å². The van der Waals surface area contributed by atoms with Crippen LogP contribution in [0.2, 0.25) is 10.0 Å². The van der Waals surface area contributed by atoms with Gasteiger partial charge in [0.2, 0.25) is 0 Å². The highest BCUT2D eigenvalue weighted by Crippen LogP contribution is 2.34. The van der Waals surface area contributed by atoms with E-state index in [1.807, 2.05) is 6.92 Å². The average Bonchev–Trinajstić information content (AvgIpc) is 2.31. The van der Waals surface area contributed by atoms with Crippen LogP contribution in [0.5, 0.6) is 0 Å². The maximum Gasteiger partial charge on any atom is 0.264 e. The van der Waals surface area contributed by atoms with Gasteiger partial charge < -0.3 is 5.73 Å². The molecular weight excluding hydrogens is 399 g/mol. The lowest BCUT2D eigenvalue weighted by molar-refractivity contribution is 0.601. The Balaban J connectivity index is 2.51. The van der Waals surface area contributed by atoms with Crippen molar-refractivity contribution in [1.29, 1.82) is 0 Å². The van der Waals surface area contributed by atoms with Gasteiger partial charge in [-0.2, -0.15) is 0 Å². The summed E-state index contributed by atoms with van der Waals surface area (Å²) >= 11 is 15.2. The van der Waals surface area contributed by atoms with Crippen molar-refractivity contribution >= 4 is 60.5 Å². The van der Waals surface area contributed by atoms with Gasteiger partial charge in [-0.25, -0.2) is 8.42 Å². The van der Waals surface area contributed by atoms with E-state index < -0.39 is 10.0 Å². The summed E-state index contributed by atoms with van der Waals surface area (Å²) < 4.78 is 27.9. The van der Waals surface area contributed by atoms with Gasteiger partial charge in [0, 0.05) is 4.47 Å². The molecule has 0 fully saturated rings. The Morgan fingerprint density at radius 2 is 1.71 bits per heavy atom. The van der Waals surface area contributed by atoms with Gasteiger partial charge >= 0.3 is 0 Å². The molecule has 0 radical (unpaired) electrons. The molecule has 3 N–H and O–H groups in total. The molecule has 0 bridgehead atoms. The molecule has 0 aliphatic carbocycles. The van der Waals surface area contributed by atoms with Crippen LogP contribution in [-0.2, 0) is 10.0 Å². The van der Waals surface area contributed by atoms with Gasteiger partial charge in [0.15, 0.2) is 0 Å². The topological polar surface area (TPSA) is 72.2 Å². The van der Waals surface area contributed by atoms with Crippen LogP contribution in [0.4, 0.5) is 11.4 Å². The quantitative estimate of drug-likeness (QED) is 0.735. The molecule has 0 aliphatic rings. The third-order valence-electron chi connectivity index (χ3n) is 2.68. The van der Waals surface area contributed by atoms with Crippen molar-refractivity contribution in [2.24, 2.45) is 0 Å².